The fourth-order valence-electron chi connectivity index (χ4n) is 3.83. The zero-order valence-corrected chi connectivity index (χ0v) is 20.4. The van der Waals surface area contributed by atoms with Gasteiger partial charge in [-0.3, -0.25) is 24.0 Å². The third kappa shape index (κ3) is 7.09. The van der Waals surface area contributed by atoms with E-state index in [0.717, 1.165) is 6.07 Å². The molecule has 37 heavy (non-hydrogen) atoms. The maximum Gasteiger partial charge on any atom is 0.323 e. The number of nitrogens with one attached hydrogen (secondary N) is 4. The topological polar surface area (TPSA) is 172 Å². The molecule has 2 aromatic rings. The van der Waals surface area contributed by atoms with Crippen LogP contribution < -0.4 is 21.7 Å². The minimum atomic E-state index is -1.16. The second-order valence-electron chi connectivity index (χ2n) is 9.19. The summed E-state index contributed by atoms with van der Waals surface area (Å²) in [6.07, 6.45) is 0.440. The van der Waals surface area contributed by atoms with E-state index in [1.54, 1.807) is 13.8 Å². The van der Waals surface area contributed by atoms with E-state index in [1.165, 1.54) is 6.07 Å². The number of esters is 1. The molecule has 1 saturated heterocycles. The molecule has 0 bridgehead atoms. The van der Waals surface area contributed by atoms with Gasteiger partial charge in [0, 0.05) is 23.9 Å². The Labute approximate surface area is 210 Å². The van der Waals surface area contributed by atoms with Crippen molar-refractivity contribution in [3.63, 3.8) is 0 Å². The Kier molecular flexibility index (Phi) is 8.92. The van der Waals surface area contributed by atoms with Crippen molar-refractivity contribution in [3.05, 3.63) is 35.5 Å². The van der Waals surface area contributed by atoms with E-state index in [2.05, 4.69) is 20.9 Å². The van der Waals surface area contributed by atoms with E-state index in [9.17, 15) is 32.8 Å². The molecule has 0 aliphatic carbocycles. The Bertz CT molecular complexity index is 1210. The molecule has 2 heterocycles. The molecule has 2 unspecified atom stereocenters. The third-order valence-corrected chi connectivity index (χ3v) is 6.05. The van der Waals surface area contributed by atoms with E-state index >= 15 is 0 Å². The van der Waals surface area contributed by atoms with Crippen LogP contribution in [0.2, 0.25) is 0 Å². The highest BCUT2D eigenvalue weighted by molar-refractivity contribution is 6.00. The highest BCUT2D eigenvalue weighted by Crippen LogP contribution is 2.20. The predicted octanol–water partition coefficient (Wildman–Crippen LogP) is 0.283. The summed E-state index contributed by atoms with van der Waals surface area (Å²) in [5, 5.41) is 7.58. The largest absolute Gasteiger partial charge is 0.456 e. The van der Waals surface area contributed by atoms with Crippen LogP contribution in [0.4, 0.5) is 8.78 Å². The Balaban J connectivity index is 1.61. The number of nitrogens with two attached hydrogens (primary N) is 1. The number of hydrogen-bond acceptors (Lipinski definition) is 7. The Morgan fingerprint density at radius 2 is 1.92 bits per heavy atom. The number of ketones is 1. The summed E-state index contributed by atoms with van der Waals surface area (Å²) in [6, 6.07) is 0.867. The number of benzene rings is 1. The van der Waals surface area contributed by atoms with Crippen LogP contribution in [0.3, 0.4) is 0 Å². The first-order valence-corrected chi connectivity index (χ1v) is 11.7. The number of H-pyrrole nitrogens is 1. The van der Waals surface area contributed by atoms with Crippen molar-refractivity contribution in [1.29, 1.82) is 0 Å². The number of amides is 3. The van der Waals surface area contributed by atoms with Crippen LogP contribution in [0.1, 0.15) is 37.2 Å². The summed E-state index contributed by atoms with van der Waals surface area (Å²) < 4.78 is 32.3. The Morgan fingerprint density at radius 3 is 2.57 bits per heavy atom. The average molecular weight is 522 g/mol. The third-order valence-electron chi connectivity index (χ3n) is 6.05. The molecule has 11 nitrogen and oxygen atoms in total. The van der Waals surface area contributed by atoms with Crippen molar-refractivity contribution in [2.45, 2.75) is 38.8 Å². The number of aromatic nitrogens is 1. The summed E-state index contributed by atoms with van der Waals surface area (Å²) in [5.41, 5.74) is 5.55. The van der Waals surface area contributed by atoms with Gasteiger partial charge in [-0.05, 0) is 30.9 Å². The monoisotopic (exact) mass is 521 g/mol. The lowest BCUT2D eigenvalue weighted by Crippen LogP contribution is -2.48. The molecule has 1 fully saturated rings. The van der Waals surface area contributed by atoms with Crippen LogP contribution in [-0.4, -0.2) is 66.2 Å². The van der Waals surface area contributed by atoms with Gasteiger partial charge in [0.05, 0.1) is 18.1 Å². The average Bonchev–Trinajstić information content (AvgIpc) is 3.45. The lowest BCUT2D eigenvalue weighted by Gasteiger charge is -2.21. The van der Waals surface area contributed by atoms with Crippen molar-refractivity contribution in [3.8, 4) is 0 Å². The van der Waals surface area contributed by atoms with Gasteiger partial charge in [0.25, 0.3) is 5.91 Å². The maximum absolute atomic E-state index is 13.9. The fraction of sp³-hybridized carbons (Fsp3) is 0.458. The van der Waals surface area contributed by atoms with E-state index in [1.807, 2.05) is 0 Å². The maximum atomic E-state index is 13.9. The van der Waals surface area contributed by atoms with E-state index in [4.69, 9.17) is 10.5 Å². The zero-order chi connectivity index (χ0) is 27.3. The van der Waals surface area contributed by atoms with Gasteiger partial charge in [0.15, 0.2) is 12.4 Å². The normalized spacial score (nSPS) is 16.8. The first kappa shape index (κ1) is 27.7. The molecule has 3 amide bonds. The molecule has 13 heteroatoms. The molecule has 0 spiro atoms. The van der Waals surface area contributed by atoms with Gasteiger partial charge in [-0.25, -0.2) is 8.78 Å². The summed E-state index contributed by atoms with van der Waals surface area (Å²) in [7, 11) is 0. The molecule has 1 aromatic heterocycles. The van der Waals surface area contributed by atoms with E-state index in [0.29, 0.717) is 19.0 Å². The molecule has 0 radical (unpaired) electrons. The summed E-state index contributed by atoms with van der Waals surface area (Å²) in [5.74, 6) is -5.61. The fourth-order valence-corrected chi connectivity index (χ4v) is 3.83. The highest BCUT2D eigenvalue weighted by Gasteiger charge is 2.32. The number of hydrogen-bond donors (Lipinski definition) is 5. The van der Waals surface area contributed by atoms with Gasteiger partial charge in [0.1, 0.15) is 23.4 Å². The highest BCUT2D eigenvalue weighted by atomic mass is 19.1. The Hall–Kier alpha value is -3.87. The molecule has 200 valence electrons. The van der Waals surface area contributed by atoms with Crippen molar-refractivity contribution >= 4 is 40.4 Å². The summed E-state index contributed by atoms with van der Waals surface area (Å²) in [4.78, 5) is 64.2. The van der Waals surface area contributed by atoms with Crippen molar-refractivity contribution in [2.75, 3.05) is 19.7 Å². The number of carbonyl (C=O) groups is 5. The van der Waals surface area contributed by atoms with Crippen LogP contribution in [0.15, 0.2) is 18.2 Å². The first-order chi connectivity index (χ1) is 17.5. The smallest absolute Gasteiger partial charge is 0.323 e. The standard InChI is InChI=1S/C24H29F2N5O6/c1-11(2)20(27)24(36)37-10-18(32)16(6-12-3-4-28-22(12)34)30-19(33)9-29-23(35)17-7-13-5-14(25)8-15(26)21(13)31-17/h5,7-8,11-12,16,20,31H,3-4,6,9-10,27H2,1-2H3,(H,28,34)(H,29,35)(H,30,33)/t12-,16?,20?/m0/s1. The number of rotatable bonds is 11. The molecule has 1 aliphatic heterocycles. The van der Waals surface area contributed by atoms with Gasteiger partial charge in [0.2, 0.25) is 11.8 Å². The lowest BCUT2D eigenvalue weighted by molar-refractivity contribution is -0.151. The SMILES string of the molecule is CC(C)C(N)C(=O)OCC(=O)C(C[C@@H]1CCNC1=O)NC(=O)CNC(=O)c1cc2cc(F)cc(F)c2[nH]1. The number of carbonyl (C=O) groups excluding carboxylic acids is 5. The molecular weight excluding hydrogens is 492 g/mol. The number of aromatic amines is 1. The van der Waals surface area contributed by atoms with Crippen LogP contribution in [-0.2, 0) is 23.9 Å². The number of halogens is 2. The predicted molar refractivity (Wildman–Crippen MR) is 127 cm³/mol. The van der Waals surface area contributed by atoms with Gasteiger partial charge in [-0.15, -0.1) is 0 Å². The minimum absolute atomic E-state index is 0.0228. The Morgan fingerprint density at radius 1 is 1.19 bits per heavy atom. The molecule has 1 aliphatic rings. The zero-order valence-electron chi connectivity index (χ0n) is 20.4. The molecule has 0 saturated carbocycles. The second kappa shape index (κ2) is 11.9. The van der Waals surface area contributed by atoms with Gasteiger partial charge >= 0.3 is 5.97 Å². The summed E-state index contributed by atoms with van der Waals surface area (Å²) in [6.45, 7) is 2.66. The molecule has 6 N–H and O–H groups in total. The number of Topliss-reactive ketones (excluding diaryl/α,β-unsaturated/α-hetero) is 1. The van der Waals surface area contributed by atoms with Crippen LogP contribution in [0.5, 0.6) is 0 Å². The van der Waals surface area contributed by atoms with Gasteiger partial charge < -0.3 is 31.4 Å². The number of fused-ring (bicyclic) bond motifs is 1. The van der Waals surface area contributed by atoms with Crippen molar-refractivity contribution in [2.24, 2.45) is 17.6 Å². The van der Waals surface area contributed by atoms with E-state index < -0.39 is 66.4 Å². The van der Waals surface area contributed by atoms with Crippen LogP contribution >= 0.6 is 0 Å². The van der Waals surface area contributed by atoms with Crippen molar-refractivity contribution < 1.29 is 37.5 Å². The quantitative estimate of drug-likeness (QED) is 0.264. The van der Waals surface area contributed by atoms with Crippen molar-refractivity contribution in [1.82, 2.24) is 20.9 Å². The molecular formula is C24H29F2N5O6. The molecule has 1 aromatic carbocycles. The van der Waals surface area contributed by atoms with Crippen LogP contribution in [0.25, 0.3) is 10.9 Å². The molecule has 3 atom stereocenters. The minimum Gasteiger partial charge on any atom is -0.456 e. The first-order valence-electron chi connectivity index (χ1n) is 11.7. The van der Waals surface area contributed by atoms with Crippen LogP contribution in [0, 0.1) is 23.5 Å². The van der Waals surface area contributed by atoms with E-state index in [-0.39, 0.29) is 34.8 Å². The molecule has 3 rings (SSSR count). The second-order valence-corrected chi connectivity index (χ2v) is 9.19. The summed E-state index contributed by atoms with van der Waals surface area (Å²) >= 11 is 0. The van der Waals surface area contributed by atoms with Gasteiger partial charge in [-0.2, -0.15) is 0 Å². The lowest BCUT2D eigenvalue weighted by atomic mass is 9.96. The van der Waals surface area contributed by atoms with Gasteiger partial charge in [-0.1, -0.05) is 13.8 Å². The number of ether oxygens (including phenoxy) is 1.